The summed E-state index contributed by atoms with van der Waals surface area (Å²) in [5.74, 6) is 1.18. The number of nitrogens with zero attached hydrogens (tertiary/aromatic N) is 3. The number of anilines is 1. The average Bonchev–Trinajstić information content (AvgIpc) is 2.78. The predicted octanol–water partition coefficient (Wildman–Crippen LogP) is 3.48. The van der Waals surface area contributed by atoms with E-state index in [4.69, 9.17) is 4.74 Å². The van der Waals surface area contributed by atoms with Gasteiger partial charge < -0.3 is 15.0 Å². The molecule has 1 amide bonds. The normalized spacial score (nSPS) is 10.4. The highest BCUT2D eigenvalue weighted by molar-refractivity contribution is 5.92. The molecule has 2 aromatic carbocycles. The minimum absolute atomic E-state index is 0.196. The highest BCUT2D eigenvalue weighted by Gasteiger charge is 2.13. The van der Waals surface area contributed by atoms with Crippen molar-refractivity contribution in [3.8, 4) is 5.75 Å². The molecular weight excluding hydrogens is 364 g/mol. The quantitative estimate of drug-likeness (QED) is 0.606. The molecule has 29 heavy (non-hydrogen) atoms. The smallest absolute Gasteiger partial charge is 0.270 e. The summed E-state index contributed by atoms with van der Waals surface area (Å²) in [6.45, 7) is 4.03. The fourth-order valence-electron chi connectivity index (χ4n) is 2.96. The minimum atomic E-state index is -0.196. The molecule has 1 N–H and O–H groups in total. The van der Waals surface area contributed by atoms with E-state index >= 15 is 0 Å². The predicted molar refractivity (Wildman–Crippen MR) is 114 cm³/mol. The summed E-state index contributed by atoms with van der Waals surface area (Å²) < 4.78 is 5.16. The Bertz CT molecular complexity index is 914. The van der Waals surface area contributed by atoms with Crippen molar-refractivity contribution in [2.24, 2.45) is 0 Å². The van der Waals surface area contributed by atoms with E-state index in [9.17, 15) is 4.79 Å². The Hall–Kier alpha value is -3.41. The lowest BCUT2D eigenvalue weighted by molar-refractivity contribution is 0.0949. The van der Waals surface area contributed by atoms with Crippen LogP contribution in [0.15, 0.2) is 66.9 Å². The molecule has 6 heteroatoms. The lowest BCUT2D eigenvalue weighted by Crippen LogP contribution is -2.29. The number of amides is 1. The molecule has 0 saturated carbocycles. The molecule has 0 unspecified atom stereocenters. The highest BCUT2D eigenvalue weighted by Crippen LogP contribution is 2.13. The molecule has 0 spiro atoms. The maximum absolute atomic E-state index is 12.5. The monoisotopic (exact) mass is 390 g/mol. The summed E-state index contributed by atoms with van der Waals surface area (Å²) in [6.07, 6.45) is 2.37. The van der Waals surface area contributed by atoms with Gasteiger partial charge in [0.2, 0.25) is 5.95 Å². The second-order valence-electron chi connectivity index (χ2n) is 6.60. The minimum Gasteiger partial charge on any atom is -0.497 e. The number of benzene rings is 2. The third-order valence-corrected chi connectivity index (χ3v) is 4.61. The van der Waals surface area contributed by atoms with Crippen LogP contribution in [0.5, 0.6) is 5.75 Å². The first kappa shape index (κ1) is 20.3. The second-order valence-corrected chi connectivity index (χ2v) is 6.60. The van der Waals surface area contributed by atoms with E-state index in [2.05, 4.69) is 27.4 Å². The first-order valence-electron chi connectivity index (χ1n) is 9.72. The lowest BCUT2D eigenvalue weighted by atomic mass is 10.1. The van der Waals surface area contributed by atoms with E-state index < -0.39 is 0 Å². The number of hydrogen-bond donors (Lipinski definition) is 1. The summed E-state index contributed by atoms with van der Waals surface area (Å²) in [5, 5.41) is 2.93. The van der Waals surface area contributed by atoms with E-state index in [0.29, 0.717) is 24.7 Å². The zero-order valence-electron chi connectivity index (χ0n) is 16.8. The topological polar surface area (TPSA) is 67.4 Å². The molecule has 3 rings (SSSR count). The first-order chi connectivity index (χ1) is 14.2. The molecule has 0 aliphatic carbocycles. The number of nitrogens with one attached hydrogen (secondary N) is 1. The molecule has 1 heterocycles. The third kappa shape index (κ3) is 5.78. The molecule has 3 aromatic rings. The van der Waals surface area contributed by atoms with Crippen molar-refractivity contribution < 1.29 is 9.53 Å². The molecule has 0 aliphatic heterocycles. The Balaban J connectivity index is 1.59. The summed E-state index contributed by atoms with van der Waals surface area (Å²) in [6, 6.07) is 19.6. The van der Waals surface area contributed by atoms with Crippen LogP contribution in [0.2, 0.25) is 0 Å². The van der Waals surface area contributed by atoms with Gasteiger partial charge in [0.25, 0.3) is 5.91 Å². The average molecular weight is 390 g/mol. The molecule has 0 radical (unpaired) electrons. The number of carbonyl (C=O) groups excluding carboxylic acids is 1. The van der Waals surface area contributed by atoms with E-state index in [-0.39, 0.29) is 5.91 Å². The Labute approximate surface area is 171 Å². The van der Waals surface area contributed by atoms with Crippen LogP contribution in [0, 0.1) is 0 Å². The Morgan fingerprint density at radius 3 is 2.48 bits per heavy atom. The standard InChI is InChI=1S/C23H26N4O2/c1-3-27(17-19-7-5-4-6-8-19)23-25-16-14-21(26-23)22(28)24-15-13-18-9-11-20(29-2)12-10-18/h4-12,14,16H,3,13,15,17H2,1-2H3,(H,24,28). The SMILES string of the molecule is CCN(Cc1ccccc1)c1nccc(C(=O)NCCc2ccc(OC)cc2)n1. The van der Waals surface area contributed by atoms with Gasteiger partial charge in [-0.2, -0.15) is 0 Å². The largest absolute Gasteiger partial charge is 0.497 e. The van der Waals surface area contributed by atoms with Crippen LogP contribution < -0.4 is 15.0 Å². The molecule has 1 aromatic heterocycles. The molecule has 150 valence electrons. The molecular formula is C23H26N4O2. The number of carbonyl (C=O) groups is 1. The van der Waals surface area contributed by atoms with Crippen LogP contribution in [0.1, 0.15) is 28.5 Å². The molecule has 6 nitrogen and oxygen atoms in total. The molecule has 0 saturated heterocycles. The lowest BCUT2D eigenvalue weighted by Gasteiger charge is -2.21. The van der Waals surface area contributed by atoms with Gasteiger partial charge in [-0.3, -0.25) is 4.79 Å². The number of methoxy groups -OCH3 is 1. The van der Waals surface area contributed by atoms with Crippen molar-refractivity contribution in [1.29, 1.82) is 0 Å². The van der Waals surface area contributed by atoms with Gasteiger partial charge in [-0.15, -0.1) is 0 Å². The summed E-state index contributed by atoms with van der Waals surface area (Å²) >= 11 is 0. The number of ether oxygens (including phenoxy) is 1. The second kappa shape index (κ2) is 10.2. The third-order valence-electron chi connectivity index (χ3n) is 4.61. The van der Waals surface area contributed by atoms with Gasteiger partial charge in [-0.25, -0.2) is 9.97 Å². The van der Waals surface area contributed by atoms with Gasteiger partial charge in [-0.1, -0.05) is 42.5 Å². The Morgan fingerprint density at radius 1 is 1.03 bits per heavy atom. The number of hydrogen-bond acceptors (Lipinski definition) is 5. The van der Waals surface area contributed by atoms with Crippen molar-refractivity contribution in [1.82, 2.24) is 15.3 Å². The van der Waals surface area contributed by atoms with Crippen LogP contribution in [0.3, 0.4) is 0 Å². The van der Waals surface area contributed by atoms with Crippen LogP contribution >= 0.6 is 0 Å². The summed E-state index contributed by atoms with van der Waals surface area (Å²) in [7, 11) is 1.64. The molecule has 0 atom stereocenters. The van der Waals surface area contributed by atoms with E-state index in [0.717, 1.165) is 24.3 Å². The van der Waals surface area contributed by atoms with E-state index in [1.165, 1.54) is 5.56 Å². The van der Waals surface area contributed by atoms with E-state index in [1.807, 2.05) is 54.3 Å². The summed E-state index contributed by atoms with van der Waals surface area (Å²) in [4.78, 5) is 23.4. The molecule has 0 aliphatic rings. The van der Waals surface area contributed by atoms with Gasteiger partial charge in [0.15, 0.2) is 0 Å². The van der Waals surface area contributed by atoms with Gasteiger partial charge in [0.1, 0.15) is 11.4 Å². The van der Waals surface area contributed by atoms with Crippen LogP contribution in [-0.4, -0.2) is 36.1 Å². The Morgan fingerprint density at radius 2 is 1.79 bits per heavy atom. The van der Waals surface area contributed by atoms with Crippen molar-refractivity contribution in [3.05, 3.63) is 83.7 Å². The maximum atomic E-state index is 12.5. The van der Waals surface area contributed by atoms with Crippen LogP contribution in [0.4, 0.5) is 5.95 Å². The van der Waals surface area contributed by atoms with Gasteiger partial charge in [0, 0.05) is 25.8 Å². The molecule has 0 fully saturated rings. The fourth-order valence-corrected chi connectivity index (χ4v) is 2.96. The fraction of sp³-hybridized carbons (Fsp3) is 0.261. The Kier molecular flexibility index (Phi) is 7.16. The zero-order chi connectivity index (χ0) is 20.5. The van der Waals surface area contributed by atoms with Crippen LogP contribution in [-0.2, 0) is 13.0 Å². The van der Waals surface area contributed by atoms with Gasteiger partial charge in [-0.05, 0) is 42.7 Å². The van der Waals surface area contributed by atoms with Crippen molar-refractivity contribution >= 4 is 11.9 Å². The zero-order valence-corrected chi connectivity index (χ0v) is 16.8. The van der Waals surface area contributed by atoms with Gasteiger partial charge in [0.05, 0.1) is 7.11 Å². The number of rotatable bonds is 9. The van der Waals surface area contributed by atoms with Crippen LogP contribution in [0.25, 0.3) is 0 Å². The maximum Gasteiger partial charge on any atom is 0.270 e. The van der Waals surface area contributed by atoms with Crippen molar-refractivity contribution in [2.45, 2.75) is 19.9 Å². The highest BCUT2D eigenvalue weighted by atomic mass is 16.5. The summed E-state index contributed by atoms with van der Waals surface area (Å²) in [5.41, 5.74) is 2.68. The van der Waals surface area contributed by atoms with E-state index in [1.54, 1.807) is 19.4 Å². The number of aromatic nitrogens is 2. The first-order valence-corrected chi connectivity index (χ1v) is 9.72. The van der Waals surface area contributed by atoms with Gasteiger partial charge >= 0.3 is 0 Å². The van der Waals surface area contributed by atoms with Crippen molar-refractivity contribution in [2.75, 3.05) is 25.1 Å². The molecule has 0 bridgehead atoms. The van der Waals surface area contributed by atoms with Crippen molar-refractivity contribution in [3.63, 3.8) is 0 Å².